The van der Waals surface area contributed by atoms with Gasteiger partial charge in [-0.2, -0.15) is 4.98 Å². The fourth-order valence-corrected chi connectivity index (χ4v) is 2.97. The lowest BCUT2D eigenvalue weighted by Gasteiger charge is -2.26. The maximum atomic E-state index is 14.3. The number of hydrogen-bond donors (Lipinski definition) is 2. The molecule has 4 rings (SSSR count). The first kappa shape index (κ1) is 23.1. The van der Waals surface area contributed by atoms with Gasteiger partial charge in [-0.1, -0.05) is 26.0 Å². The van der Waals surface area contributed by atoms with Gasteiger partial charge in [0.05, 0.1) is 19.4 Å². The number of morpholine rings is 1. The maximum absolute atomic E-state index is 14.3. The zero-order valence-corrected chi connectivity index (χ0v) is 17.9. The van der Waals surface area contributed by atoms with Gasteiger partial charge >= 0.3 is 0 Å². The Morgan fingerprint density at radius 1 is 1.16 bits per heavy atom. The largest absolute Gasteiger partial charge is 0.463 e. The van der Waals surface area contributed by atoms with E-state index in [-0.39, 0.29) is 17.5 Å². The number of rotatable bonds is 6. The van der Waals surface area contributed by atoms with Crippen molar-refractivity contribution in [2.24, 2.45) is 0 Å². The molecule has 3 N–H and O–H groups in total. The standard InChI is InChI=1S/C19H19F2N7O2.C2H6/c20-11-30-13-3-1-12(2-4-13)14-9-16(26-27-17(14)22)24-18-15(21)10-23-19(25-18)28-5-7-29-8-6-28;1-2/h1-4,9-10H,5-8,11H2,(H2,22,27)(H,23,24,25,26);1-2H3. The van der Waals surface area contributed by atoms with E-state index in [1.54, 1.807) is 30.3 Å². The van der Waals surface area contributed by atoms with Gasteiger partial charge in [-0.3, -0.25) is 0 Å². The van der Waals surface area contributed by atoms with Gasteiger partial charge in [0, 0.05) is 18.7 Å². The third-order valence-electron chi connectivity index (χ3n) is 4.48. The lowest BCUT2D eigenvalue weighted by atomic mass is 10.1. The van der Waals surface area contributed by atoms with Crippen molar-refractivity contribution in [3.8, 4) is 16.9 Å². The van der Waals surface area contributed by atoms with Gasteiger partial charge in [0.25, 0.3) is 0 Å². The van der Waals surface area contributed by atoms with E-state index in [4.69, 9.17) is 15.2 Å². The molecular weight excluding hydrogens is 420 g/mol. The van der Waals surface area contributed by atoms with E-state index in [1.165, 1.54) is 0 Å². The van der Waals surface area contributed by atoms with Crippen LogP contribution in [0.4, 0.5) is 32.2 Å². The van der Waals surface area contributed by atoms with Crippen molar-refractivity contribution in [1.29, 1.82) is 0 Å². The lowest BCUT2D eigenvalue weighted by Crippen LogP contribution is -2.37. The van der Waals surface area contributed by atoms with Gasteiger partial charge in [-0.15, -0.1) is 10.2 Å². The van der Waals surface area contributed by atoms with E-state index >= 15 is 0 Å². The molecule has 1 aliphatic heterocycles. The Morgan fingerprint density at radius 3 is 2.56 bits per heavy atom. The number of halogens is 2. The highest BCUT2D eigenvalue weighted by atomic mass is 19.1. The van der Waals surface area contributed by atoms with Crippen LogP contribution in [0.25, 0.3) is 11.1 Å². The molecule has 0 spiro atoms. The van der Waals surface area contributed by atoms with E-state index in [0.29, 0.717) is 49.1 Å². The average Bonchev–Trinajstić information content (AvgIpc) is 2.84. The molecule has 1 fully saturated rings. The Kier molecular flexibility index (Phi) is 8.03. The highest BCUT2D eigenvalue weighted by Gasteiger charge is 2.17. The van der Waals surface area contributed by atoms with Gasteiger partial charge in [-0.25, -0.2) is 13.8 Å². The molecule has 3 heterocycles. The molecule has 9 nitrogen and oxygen atoms in total. The minimum absolute atomic E-state index is 0.0248. The van der Waals surface area contributed by atoms with Gasteiger partial charge in [0.15, 0.2) is 23.3 Å². The molecule has 0 aliphatic carbocycles. The zero-order valence-electron chi connectivity index (χ0n) is 17.9. The zero-order chi connectivity index (χ0) is 22.9. The van der Waals surface area contributed by atoms with Gasteiger partial charge < -0.3 is 25.4 Å². The topological polar surface area (TPSA) is 111 Å². The first-order chi connectivity index (χ1) is 15.6. The fraction of sp³-hybridized carbons (Fsp3) is 0.333. The smallest absolute Gasteiger partial charge is 0.228 e. The third kappa shape index (κ3) is 5.55. The van der Waals surface area contributed by atoms with Crippen molar-refractivity contribution >= 4 is 23.4 Å². The van der Waals surface area contributed by atoms with Gasteiger partial charge in [-0.05, 0) is 23.8 Å². The first-order valence-corrected chi connectivity index (χ1v) is 10.2. The van der Waals surface area contributed by atoms with Crippen LogP contribution in [0.5, 0.6) is 5.75 Å². The van der Waals surface area contributed by atoms with Gasteiger partial charge in [0.2, 0.25) is 12.8 Å². The Balaban J connectivity index is 0.00000141. The number of nitrogens with two attached hydrogens (primary N) is 1. The predicted molar refractivity (Wildman–Crippen MR) is 118 cm³/mol. The van der Waals surface area contributed by atoms with Crippen LogP contribution >= 0.6 is 0 Å². The van der Waals surface area contributed by atoms with E-state index in [2.05, 4.69) is 25.5 Å². The summed E-state index contributed by atoms with van der Waals surface area (Å²) in [6.07, 6.45) is 1.11. The number of benzene rings is 1. The van der Waals surface area contributed by atoms with Crippen LogP contribution in [0, 0.1) is 5.82 Å². The number of hydrogen-bond acceptors (Lipinski definition) is 9. The lowest BCUT2D eigenvalue weighted by molar-refractivity contribution is 0.122. The number of ether oxygens (including phenoxy) is 2. The molecule has 0 amide bonds. The molecule has 0 saturated carbocycles. The number of alkyl halides is 1. The second kappa shape index (κ2) is 11.1. The Bertz CT molecular complexity index is 1020. The van der Waals surface area contributed by atoms with Crippen molar-refractivity contribution in [3.05, 3.63) is 42.3 Å². The molecule has 3 aromatic rings. The molecule has 0 bridgehead atoms. The Labute approximate surface area is 184 Å². The summed E-state index contributed by atoms with van der Waals surface area (Å²) in [5, 5.41) is 10.7. The van der Waals surface area contributed by atoms with E-state index in [9.17, 15) is 8.78 Å². The highest BCUT2D eigenvalue weighted by Crippen LogP contribution is 2.29. The van der Waals surface area contributed by atoms with E-state index in [0.717, 1.165) is 6.20 Å². The van der Waals surface area contributed by atoms with Crippen LogP contribution in [0.1, 0.15) is 13.8 Å². The summed E-state index contributed by atoms with van der Waals surface area (Å²) in [6.45, 7) is 5.46. The summed E-state index contributed by atoms with van der Waals surface area (Å²) in [6, 6.07) is 8.28. The highest BCUT2D eigenvalue weighted by molar-refractivity contribution is 5.76. The van der Waals surface area contributed by atoms with Crippen molar-refractivity contribution in [2.75, 3.05) is 49.1 Å². The number of aromatic nitrogens is 4. The molecule has 170 valence electrons. The third-order valence-corrected chi connectivity index (χ3v) is 4.48. The fourth-order valence-electron chi connectivity index (χ4n) is 2.97. The molecule has 11 heteroatoms. The number of nitrogen functional groups attached to an aromatic ring is 1. The normalized spacial score (nSPS) is 13.2. The molecule has 32 heavy (non-hydrogen) atoms. The summed E-state index contributed by atoms with van der Waals surface area (Å²) in [5.41, 5.74) is 7.24. The first-order valence-electron chi connectivity index (χ1n) is 10.2. The van der Waals surface area contributed by atoms with E-state index in [1.807, 2.05) is 18.7 Å². The predicted octanol–water partition coefficient (Wildman–Crippen LogP) is 3.57. The number of nitrogens with zero attached hydrogens (tertiary/aromatic N) is 5. The van der Waals surface area contributed by atoms with Crippen molar-refractivity contribution in [2.45, 2.75) is 13.8 Å². The summed E-state index contributed by atoms with van der Waals surface area (Å²) in [7, 11) is 0. The number of anilines is 4. The van der Waals surface area contributed by atoms with Crippen LogP contribution in [0.2, 0.25) is 0 Å². The molecule has 0 unspecified atom stereocenters. The van der Waals surface area contributed by atoms with Crippen LogP contribution in [-0.4, -0.2) is 53.3 Å². The minimum Gasteiger partial charge on any atom is -0.463 e. The minimum atomic E-state index is -0.913. The SMILES string of the molecule is CC.Nc1nnc(Nc2nc(N3CCOCC3)ncc2F)cc1-c1ccc(OCF)cc1. The molecule has 0 radical (unpaired) electrons. The van der Waals surface area contributed by atoms with E-state index < -0.39 is 12.7 Å². The van der Waals surface area contributed by atoms with Crippen LogP contribution < -0.4 is 20.7 Å². The summed E-state index contributed by atoms with van der Waals surface area (Å²) in [5.74, 6) is 0.585. The number of nitrogens with one attached hydrogen (secondary N) is 1. The molecule has 1 aromatic carbocycles. The van der Waals surface area contributed by atoms with Crippen molar-refractivity contribution in [1.82, 2.24) is 20.2 Å². The molecular formula is C21H25F2N7O2. The quantitative estimate of drug-likeness (QED) is 0.588. The summed E-state index contributed by atoms with van der Waals surface area (Å²) < 4.78 is 36.7. The maximum Gasteiger partial charge on any atom is 0.228 e. The summed E-state index contributed by atoms with van der Waals surface area (Å²) in [4.78, 5) is 10.2. The Hall–Kier alpha value is -3.60. The monoisotopic (exact) mass is 445 g/mol. The summed E-state index contributed by atoms with van der Waals surface area (Å²) >= 11 is 0. The van der Waals surface area contributed by atoms with Crippen LogP contribution in [0.15, 0.2) is 36.5 Å². The molecule has 1 saturated heterocycles. The van der Waals surface area contributed by atoms with Crippen LogP contribution in [-0.2, 0) is 4.74 Å². The van der Waals surface area contributed by atoms with Crippen LogP contribution in [0.3, 0.4) is 0 Å². The second-order valence-corrected chi connectivity index (χ2v) is 6.40. The molecule has 0 atom stereocenters. The molecule has 1 aliphatic rings. The van der Waals surface area contributed by atoms with Crippen molar-refractivity contribution < 1.29 is 18.3 Å². The average molecular weight is 445 g/mol. The van der Waals surface area contributed by atoms with Gasteiger partial charge in [0.1, 0.15) is 5.75 Å². The molecule has 2 aromatic heterocycles. The van der Waals surface area contributed by atoms with Crippen molar-refractivity contribution in [3.63, 3.8) is 0 Å². The Morgan fingerprint density at radius 2 is 1.88 bits per heavy atom. The second-order valence-electron chi connectivity index (χ2n) is 6.40.